The molecule has 0 radical (unpaired) electrons. The predicted molar refractivity (Wildman–Crippen MR) is 91.0 cm³/mol. The molecule has 148 valence electrons. The van der Waals surface area contributed by atoms with Gasteiger partial charge in [0, 0.05) is 25.1 Å². The Morgan fingerprint density at radius 2 is 1.86 bits per heavy atom. The van der Waals surface area contributed by atoms with Crippen LogP contribution in [0.2, 0.25) is 0 Å². The van der Waals surface area contributed by atoms with Crippen LogP contribution in [-0.2, 0) is 4.79 Å². The van der Waals surface area contributed by atoms with E-state index in [1.165, 1.54) is 30.3 Å². The van der Waals surface area contributed by atoms with Crippen LogP contribution in [0.5, 0.6) is 0 Å². The molecule has 9 heteroatoms. The summed E-state index contributed by atoms with van der Waals surface area (Å²) in [5.74, 6) is -1.14. The number of nitrogens with one attached hydrogen (secondary N) is 1. The number of aryl methyl sites for hydroxylation is 1. The molecule has 4 rings (SSSR count). The van der Waals surface area contributed by atoms with E-state index >= 15 is 0 Å². The molecule has 2 amide bonds. The van der Waals surface area contributed by atoms with Gasteiger partial charge in [-0.05, 0) is 24.3 Å². The van der Waals surface area contributed by atoms with E-state index in [0.29, 0.717) is 18.8 Å². The van der Waals surface area contributed by atoms with Gasteiger partial charge in [0.1, 0.15) is 5.76 Å². The number of aromatic nitrogens is 1. The number of hydrogen-bond donors (Lipinski definition) is 1. The van der Waals surface area contributed by atoms with E-state index in [1.807, 2.05) is 0 Å². The third-order valence-electron chi connectivity index (χ3n) is 5.38. The first kappa shape index (κ1) is 18.5. The van der Waals surface area contributed by atoms with Crippen molar-refractivity contribution in [2.24, 2.45) is 17.8 Å². The molecule has 1 saturated heterocycles. The number of benzene rings is 1. The van der Waals surface area contributed by atoms with Gasteiger partial charge in [-0.2, -0.15) is 13.2 Å². The molecule has 2 aromatic rings. The molecule has 1 unspecified atom stereocenters. The molecule has 2 aliphatic rings. The van der Waals surface area contributed by atoms with Gasteiger partial charge in [0.05, 0.1) is 0 Å². The largest absolute Gasteiger partial charge is 0.412 e. The number of hydrogen-bond acceptors (Lipinski definition) is 4. The second-order valence-corrected chi connectivity index (χ2v) is 7.28. The van der Waals surface area contributed by atoms with Crippen molar-refractivity contribution in [3.05, 3.63) is 53.4 Å². The minimum absolute atomic E-state index is 0.00707. The normalized spacial score (nSPS) is 24.6. The summed E-state index contributed by atoms with van der Waals surface area (Å²) < 4.78 is 45.1. The minimum atomic E-state index is -4.59. The van der Waals surface area contributed by atoms with Crippen molar-refractivity contribution < 1.29 is 27.3 Å². The van der Waals surface area contributed by atoms with Crippen molar-refractivity contribution in [1.29, 1.82) is 0 Å². The molecule has 1 aliphatic carbocycles. The molecule has 1 N–H and O–H groups in total. The first-order chi connectivity index (χ1) is 13.3. The van der Waals surface area contributed by atoms with E-state index in [0.717, 1.165) is 0 Å². The Kier molecular flexibility index (Phi) is 4.40. The molecule has 1 aliphatic heterocycles. The topological polar surface area (TPSA) is 75.4 Å². The van der Waals surface area contributed by atoms with Crippen LogP contribution in [0.1, 0.15) is 27.9 Å². The van der Waals surface area contributed by atoms with Crippen molar-refractivity contribution in [3.63, 3.8) is 0 Å². The van der Waals surface area contributed by atoms with Gasteiger partial charge in [-0.1, -0.05) is 35.5 Å². The number of carbonyl (C=O) groups is 2. The highest BCUT2D eigenvalue weighted by atomic mass is 19.4. The number of rotatable bonds is 4. The molecule has 1 saturated carbocycles. The van der Waals surface area contributed by atoms with Crippen LogP contribution >= 0.6 is 0 Å². The lowest BCUT2D eigenvalue weighted by Crippen LogP contribution is -2.41. The van der Waals surface area contributed by atoms with Gasteiger partial charge in [0.15, 0.2) is 11.7 Å². The van der Waals surface area contributed by atoms with Crippen LogP contribution in [-0.4, -0.2) is 41.1 Å². The van der Waals surface area contributed by atoms with E-state index < -0.39 is 24.0 Å². The molecule has 0 spiro atoms. The smallest absolute Gasteiger partial charge is 0.361 e. The SMILES string of the molecule is Cc1cc(C(=O)N2C[C@@H]3C(C(=O)N[C@@H](c4ccccc4)C(F)(F)F)[C@@H]3C2)no1. The van der Waals surface area contributed by atoms with Crippen LogP contribution in [0.15, 0.2) is 40.9 Å². The second-order valence-electron chi connectivity index (χ2n) is 7.28. The highest BCUT2D eigenvalue weighted by Crippen LogP contribution is 2.52. The molecular weight excluding hydrogens is 375 g/mol. The summed E-state index contributed by atoms with van der Waals surface area (Å²) in [5, 5.41) is 5.83. The fraction of sp³-hybridized carbons (Fsp3) is 0.421. The van der Waals surface area contributed by atoms with Crippen molar-refractivity contribution >= 4 is 11.8 Å². The molecule has 2 heterocycles. The number of carbonyl (C=O) groups excluding carboxylic acids is 2. The van der Waals surface area contributed by atoms with Crippen LogP contribution < -0.4 is 5.32 Å². The number of alkyl halides is 3. The van der Waals surface area contributed by atoms with E-state index in [-0.39, 0.29) is 29.0 Å². The van der Waals surface area contributed by atoms with Gasteiger partial charge in [-0.25, -0.2) is 0 Å². The molecule has 0 bridgehead atoms. The zero-order valence-corrected chi connectivity index (χ0v) is 14.9. The zero-order chi connectivity index (χ0) is 20.1. The summed E-state index contributed by atoms with van der Waals surface area (Å²) in [5.41, 5.74) is 0.188. The van der Waals surface area contributed by atoms with Crippen molar-refractivity contribution in [1.82, 2.24) is 15.4 Å². The lowest BCUT2D eigenvalue weighted by Gasteiger charge is -2.23. The van der Waals surface area contributed by atoms with Crippen LogP contribution in [0, 0.1) is 24.7 Å². The third kappa shape index (κ3) is 3.36. The van der Waals surface area contributed by atoms with Gasteiger partial charge < -0.3 is 14.7 Å². The summed E-state index contributed by atoms with van der Waals surface area (Å²) in [6, 6.07) is 6.79. The van der Waals surface area contributed by atoms with Gasteiger partial charge >= 0.3 is 6.18 Å². The zero-order valence-electron chi connectivity index (χ0n) is 14.9. The molecule has 4 atom stereocenters. The summed E-state index contributed by atoms with van der Waals surface area (Å²) in [7, 11) is 0. The number of amides is 2. The highest BCUT2D eigenvalue weighted by molar-refractivity contribution is 5.93. The number of nitrogens with zero attached hydrogens (tertiary/aromatic N) is 2. The first-order valence-corrected chi connectivity index (χ1v) is 8.90. The second kappa shape index (κ2) is 6.65. The number of likely N-dealkylation sites (tertiary alicyclic amines) is 1. The Balaban J connectivity index is 1.38. The molecule has 1 aromatic heterocycles. The maximum absolute atomic E-state index is 13.4. The van der Waals surface area contributed by atoms with Crippen molar-refractivity contribution in [2.45, 2.75) is 19.1 Å². The average Bonchev–Trinajstić information content (AvgIpc) is 2.97. The number of halogens is 3. The maximum atomic E-state index is 13.4. The number of fused-ring (bicyclic) bond motifs is 1. The van der Waals surface area contributed by atoms with Gasteiger partial charge in [-0.15, -0.1) is 0 Å². The third-order valence-corrected chi connectivity index (χ3v) is 5.38. The maximum Gasteiger partial charge on any atom is 0.412 e. The Morgan fingerprint density at radius 3 is 2.39 bits per heavy atom. The lowest BCUT2D eigenvalue weighted by molar-refractivity contribution is -0.164. The molecule has 6 nitrogen and oxygen atoms in total. The first-order valence-electron chi connectivity index (χ1n) is 8.90. The minimum Gasteiger partial charge on any atom is -0.361 e. The van der Waals surface area contributed by atoms with Crippen LogP contribution in [0.3, 0.4) is 0 Å². The Bertz CT molecular complexity index is 885. The molecular formula is C19H18F3N3O3. The van der Waals surface area contributed by atoms with Crippen LogP contribution in [0.25, 0.3) is 0 Å². The van der Waals surface area contributed by atoms with Crippen molar-refractivity contribution in [3.8, 4) is 0 Å². The summed E-state index contributed by atoms with van der Waals surface area (Å²) in [6.45, 7) is 2.33. The lowest BCUT2D eigenvalue weighted by atomic mass is 10.1. The number of piperidine rings is 1. The Labute approximate surface area is 158 Å². The van der Waals surface area contributed by atoms with Gasteiger partial charge in [0.25, 0.3) is 5.91 Å². The fourth-order valence-corrected chi connectivity index (χ4v) is 3.95. The molecule has 2 fully saturated rings. The van der Waals surface area contributed by atoms with E-state index in [9.17, 15) is 22.8 Å². The van der Waals surface area contributed by atoms with Gasteiger partial charge in [0.2, 0.25) is 5.91 Å². The monoisotopic (exact) mass is 393 g/mol. The fourth-order valence-electron chi connectivity index (χ4n) is 3.95. The van der Waals surface area contributed by atoms with E-state index in [1.54, 1.807) is 17.9 Å². The van der Waals surface area contributed by atoms with Crippen molar-refractivity contribution in [2.75, 3.05) is 13.1 Å². The summed E-state index contributed by atoms with van der Waals surface area (Å²) in [6.07, 6.45) is -4.59. The van der Waals surface area contributed by atoms with Gasteiger partial charge in [-0.3, -0.25) is 9.59 Å². The quantitative estimate of drug-likeness (QED) is 0.867. The highest BCUT2D eigenvalue weighted by Gasteiger charge is 2.61. The van der Waals surface area contributed by atoms with Crippen LogP contribution in [0.4, 0.5) is 13.2 Å². The average molecular weight is 393 g/mol. The summed E-state index contributed by atoms with van der Waals surface area (Å²) >= 11 is 0. The standard InChI is InChI=1S/C19H18F3N3O3/c1-10-7-14(24-28-10)18(27)25-8-12-13(9-25)15(12)17(26)23-16(19(20,21)22)11-5-3-2-4-6-11/h2-7,12-13,15-16H,8-9H2,1H3,(H,23,26)/t12-,13+,15?,16-/m0/s1. The molecule has 1 aromatic carbocycles. The van der Waals surface area contributed by atoms with E-state index in [2.05, 4.69) is 10.5 Å². The van der Waals surface area contributed by atoms with E-state index in [4.69, 9.17) is 4.52 Å². The molecule has 28 heavy (non-hydrogen) atoms. The summed E-state index contributed by atoms with van der Waals surface area (Å²) in [4.78, 5) is 26.4. The predicted octanol–water partition coefficient (Wildman–Crippen LogP) is 2.72. The Hall–Kier alpha value is -2.84. The Morgan fingerprint density at radius 1 is 1.21 bits per heavy atom.